The Balaban J connectivity index is 1.64. The molecule has 0 saturated heterocycles. The average Bonchev–Trinajstić information content (AvgIpc) is 3.32. The van der Waals surface area contributed by atoms with Crippen LogP contribution in [0.15, 0.2) is 59.0 Å². The number of carbonyl (C=O) groups excluding carboxylic acids is 4. The minimum absolute atomic E-state index is 0.0107. The molecule has 0 bridgehead atoms. The third-order valence-electron chi connectivity index (χ3n) is 4.33. The number of esters is 3. The summed E-state index contributed by atoms with van der Waals surface area (Å²) in [5, 5.41) is 2.43. The second-order valence-electron chi connectivity index (χ2n) is 6.58. The predicted molar refractivity (Wildman–Crippen MR) is 112 cm³/mol. The van der Waals surface area contributed by atoms with E-state index in [4.69, 9.17) is 9.15 Å². The Labute approximate surface area is 187 Å². The molecule has 9 nitrogen and oxygen atoms in total. The Morgan fingerprint density at radius 2 is 1.45 bits per heavy atom. The van der Waals surface area contributed by atoms with Gasteiger partial charge in [-0.25, -0.2) is 18.8 Å². The maximum Gasteiger partial charge on any atom is 0.374 e. The lowest BCUT2D eigenvalue weighted by atomic mass is 10.1. The third kappa shape index (κ3) is 5.82. The highest BCUT2D eigenvalue weighted by Crippen LogP contribution is 2.23. The summed E-state index contributed by atoms with van der Waals surface area (Å²) in [6.45, 7) is -0.665. The number of rotatable bonds is 7. The maximum absolute atomic E-state index is 13.0. The summed E-state index contributed by atoms with van der Waals surface area (Å²) < 4.78 is 32.6. The lowest BCUT2D eigenvalue weighted by molar-refractivity contribution is -0.119. The fourth-order valence-electron chi connectivity index (χ4n) is 2.79. The average molecular weight is 455 g/mol. The Morgan fingerprint density at radius 3 is 2.03 bits per heavy atom. The second-order valence-corrected chi connectivity index (χ2v) is 6.58. The molecule has 0 unspecified atom stereocenters. The number of ether oxygens (including phenoxy) is 3. The number of amides is 1. The highest BCUT2D eigenvalue weighted by Gasteiger charge is 2.18. The van der Waals surface area contributed by atoms with Crippen LogP contribution in [0.3, 0.4) is 0 Å². The molecule has 3 rings (SSSR count). The number of methoxy groups -OCH3 is 2. The summed E-state index contributed by atoms with van der Waals surface area (Å²) in [6.07, 6.45) is 0. The molecule has 1 heterocycles. The van der Waals surface area contributed by atoms with Crippen LogP contribution >= 0.6 is 0 Å². The second kappa shape index (κ2) is 10.2. The molecular formula is C23H18FNO8. The van der Waals surface area contributed by atoms with E-state index in [0.29, 0.717) is 11.3 Å². The molecule has 170 valence electrons. The van der Waals surface area contributed by atoms with E-state index in [2.05, 4.69) is 14.8 Å². The summed E-state index contributed by atoms with van der Waals surface area (Å²) in [4.78, 5) is 48.1. The topological polar surface area (TPSA) is 121 Å². The summed E-state index contributed by atoms with van der Waals surface area (Å²) >= 11 is 0. The monoisotopic (exact) mass is 455 g/mol. The Kier molecular flexibility index (Phi) is 7.19. The Morgan fingerprint density at radius 1 is 0.848 bits per heavy atom. The van der Waals surface area contributed by atoms with Gasteiger partial charge in [0, 0.05) is 11.3 Å². The van der Waals surface area contributed by atoms with Gasteiger partial charge in [0.25, 0.3) is 5.91 Å². The molecule has 1 aromatic heterocycles. The van der Waals surface area contributed by atoms with Crippen molar-refractivity contribution in [2.45, 2.75) is 0 Å². The molecule has 0 saturated carbocycles. The molecule has 0 radical (unpaired) electrons. The first-order chi connectivity index (χ1) is 15.8. The van der Waals surface area contributed by atoms with Crippen molar-refractivity contribution >= 4 is 29.5 Å². The van der Waals surface area contributed by atoms with E-state index in [-0.39, 0.29) is 22.6 Å². The molecule has 0 aliphatic carbocycles. The van der Waals surface area contributed by atoms with Crippen molar-refractivity contribution in [3.63, 3.8) is 0 Å². The number of halogens is 1. The first kappa shape index (κ1) is 23.2. The zero-order valence-corrected chi connectivity index (χ0v) is 17.5. The van der Waals surface area contributed by atoms with E-state index in [0.717, 1.165) is 0 Å². The van der Waals surface area contributed by atoms with Crippen LogP contribution in [0.2, 0.25) is 0 Å². The molecule has 0 atom stereocenters. The number of furan rings is 1. The van der Waals surface area contributed by atoms with Crippen molar-refractivity contribution in [3.05, 3.63) is 77.3 Å². The fraction of sp³-hybridized carbons (Fsp3) is 0.130. The SMILES string of the molecule is COC(=O)c1cc(NC(=O)COC(=O)c2ccc(-c3ccc(F)cc3)o2)cc(C(=O)OC)c1. The molecule has 0 fully saturated rings. The van der Waals surface area contributed by atoms with Gasteiger partial charge < -0.3 is 23.9 Å². The number of hydrogen-bond acceptors (Lipinski definition) is 8. The quantitative estimate of drug-likeness (QED) is 0.425. The van der Waals surface area contributed by atoms with E-state index in [1.165, 1.54) is 68.8 Å². The van der Waals surface area contributed by atoms with Crippen LogP contribution in [-0.4, -0.2) is 44.6 Å². The zero-order valence-electron chi connectivity index (χ0n) is 17.5. The molecule has 1 amide bonds. The zero-order chi connectivity index (χ0) is 24.0. The molecule has 0 aliphatic rings. The number of benzene rings is 2. The van der Waals surface area contributed by atoms with Gasteiger partial charge in [-0.3, -0.25) is 4.79 Å². The van der Waals surface area contributed by atoms with Crippen molar-refractivity contribution in [3.8, 4) is 11.3 Å². The van der Waals surface area contributed by atoms with Gasteiger partial charge in [0.2, 0.25) is 5.76 Å². The molecule has 3 aromatic rings. The van der Waals surface area contributed by atoms with Crippen molar-refractivity contribution in [1.82, 2.24) is 0 Å². The number of anilines is 1. The van der Waals surface area contributed by atoms with Crippen molar-refractivity contribution < 1.29 is 42.2 Å². The first-order valence-electron chi connectivity index (χ1n) is 9.45. The summed E-state index contributed by atoms with van der Waals surface area (Å²) in [5.41, 5.74) is 0.671. The van der Waals surface area contributed by atoms with Gasteiger partial charge >= 0.3 is 17.9 Å². The van der Waals surface area contributed by atoms with Crippen molar-refractivity contribution in [1.29, 1.82) is 0 Å². The van der Waals surface area contributed by atoms with Crippen molar-refractivity contribution in [2.75, 3.05) is 26.1 Å². The predicted octanol–water partition coefficient (Wildman–Crippen LogP) is 3.45. The molecule has 0 aliphatic heterocycles. The minimum atomic E-state index is -0.892. The van der Waals surface area contributed by atoms with E-state index in [9.17, 15) is 23.6 Å². The van der Waals surface area contributed by atoms with Gasteiger partial charge in [-0.15, -0.1) is 0 Å². The minimum Gasteiger partial charge on any atom is -0.465 e. The lowest BCUT2D eigenvalue weighted by Crippen LogP contribution is -2.21. The van der Waals surface area contributed by atoms with Gasteiger partial charge in [-0.1, -0.05) is 0 Å². The number of carbonyl (C=O) groups is 4. The standard InChI is InChI=1S/C23H18FNO8/c1-30-21(27)14-9-15(22(28)31-2)11-17(10-14)25-20(26)12-32-23(29)19-8-7-18(33-19)13-3-5-16(24)6-4-13/h3-11H,12H2,1-2H3,(H,25,26). The molecule has 2 aromatic carbocycles. The van der Waals surface area contributed by atoms with Crippen LogP contribution in [0.25, 0.3) is 11.3 Å². The molecule has 1 N–H and O–H groups in total. The highest BCUT2D eigenvalue weighted by molar-refractivity contribution is 6.00. The largest absolute Gasteiger partial charge is 0.465 e. The van der Waals surface area contributed by atoms with E-state index in [1.54, 1.807) is 0 Å². The van der Waals surface area contributed by atoms with Gasteiger partial charge in [-0.2, -0.15) is 0 Å². The maximum atomic E-state index is 13.0. The van der Waals surface area contributed by atoms with Crippen molar-refractivity contribution in [2.24, 2.45) is 0 Å². The van der Waals surface area contributed by atoms with Gasteiger partial charge in [0.15, 0.2) is 6.61 Å². The van der Waals surface area contributed by atoms with Gasteiger partial charge in [0.05, 0.1) is 25.3 Å². The number of nitrogens with one attached hydrogen (secondary N) is 1. The Bertz CT molecular complexity index is 1170. The van der Waals surface area contributed by atoms with E-state index >= 15 is 0 Å². The number of hydrogen-bond donors (Lipinski definition) is 1. The van der Waals surface area contributed by atoms with Crippen LogP contribution in [0.4, 0.5) is 10.1 Å². The van der Waals surface area contributed by atoms with Gasteiger partial charge in [0.1, 0.15) is 11.6 Å². The first-order valence-corrected chi connectivity index (χ1v) is 9.45. The normalized spacial score (nSPS) is 10.3. The third-order valence-corrected chi connectivity index (χ3v) is 4.33. The van der Waals surface area contributed by atoms with Gasteiger partial charge in [-0.05, 0) is 54.6 Å². The molecule has 0 spiro atoms. The van der Waals surface area contributed by atoms with Crippen LogP contribution in [0.1, 0.15) is 31.3 Å². The fourth-order valence-corrected chi connectivity index (χ4v) is 2.79. The van der Waals surface area contributed by atoms with Crippen LogP contribution in [-0.2, 0) is 19.0 Å². The van der Waals surface area contributed by atoms with Crippen LogP contribution in [0, 0.1) is 5.82 Å². The molecule has 33 heavy (non-hydrogen) atoms. The lowest BCUT2D eigenvalue weighted by Gasteiger charge is -2.09. The summed E-state index contributed by atoms with van der Waals surface area (Å²) in [6, 6.07) is 12.2. The molecule has 10 heteroatoms. The van der Waals surface area contributed by atoms with Crippen LogP contribution < -0.4 is 5.32 Å². The summed E-state index contributed by atoms with van der Waals surface area (Å²) in [7, 11) is 2.34. The smallest absolute Gasteiger partial charge is 0.374 e. The van der Waals surface area contributed by atoms with E-state index < -0.39 is 36.2 Å². The highest BCUT2D eigenvalue weighted by atomic mass is 19.1. The summed E-state index contributed by atoms with van der Waals surface area (Å²) in [5.74, 6) is -3.31. The van der Waals surface area contributed by atoms with E-state index in [1.807, 2.05) is 0 Å². The van der Waals surface area contributed by atoms with Crippen LogP contribution in [0.5, 0.6) is 0 Å². The Hall–Kier alpha value is -4.47. The molecular weight excluding hydrogens is 437 g/mol.